The van der Waals surface area contributed by atoms with E-state index in [-0.39, 0.29) is 25.5 Å². The van der Waals surface area contributed by atoms with Gasteiger partial charge in [0.25, 0.3) is 0 Å². The van der Waals surface area contributed by atoms with Crippen molar-refractivity contribution in [2.75, 3.05) is 0 Å². The number of carboxylic acids is 1. The van der Waals surface area contributed by atoms with Gasteiger partial charge in [-0.25, -0.2) is 0 Å². The molecule has 0 spiro atoms. The molecular formula is C20H20N2O4. The number of ether oxygens (including phenoxy) is 1. The maximum atomic E-state index is 12.2. The number of fused-ring (bicyclic) bond motifs is 1. The molecule has 0 aliphatic rings. The van der Waals surface area contributed by atoms with Crippen LogP contribution in [0.5, 0.6) is 0 Å². The van der Waals surface area contributed by atoms with Crippen molar-refractivity contribution in [2.24, 2.45) is 5.73 Å². The fraction of sp³-hybridized carbons (Fsp3) is 0.200. The quantitative estimate of drug-likeness (QED) is 0.637. The van der Waals surface area contributed by atoms with Crippen LogP contribution in [-0.2, 0) is 33.9 Å². The minimum Gasteiger partial charge on any atom is -0.480 e. The summed E-state index contributed by atoms with van der Waals surface area (Å²) in [7, 11) is 0. The fourth-order valence-electron chi connectivity index (χ4n) is 2.86. The Kier molecular flexibility index (Phi) is 5.34. The third-order valence-corrected chi connectivity index (χ3v) is 4.17. The second kappa shape index (κ2) is 7.84. The van der Waals surface area contributed by atoms with Crippen LogP contribution in [0, 0.1) is 0 Å². The predicted molar refractivity (Wildman–Crippen MR) is 97.5 cm³/mol. The van der Waals surface area contributed by atoms with Crippen LogP contribution in [0.1, 0.15) is 11.1 Å². The zero-order chi connectivity index (χ0) is 18.5. The molecule has 3 aromatic rings. The molecule has 1 heterocycles. The SMILES string of the molecule is NC(Cc1cn(CC(=O)OCc2ccccc2)c2ccccc12)C(=O)O. The summed E-state index contributed by atoms with van der Waals surface area (Å²) in [6.07, 6.45) is 1.97. The molecule has 2 aromatic carbocycles. The largest absolute Gasteiger partial charge is 0.480 e. The van der Waals surface area contributed by atoms with Gasteiger partial charge >= 0.3 is 11.9 Å². The number of carbonyl (C=O) groups is 2. The van der Waals surface area contributed by atoms with Crippen LogP contribution in [0.2, 0.25) is 0 Å². The molecule has 0 saturated carbocycles. The Labute approximate surface area is 150 Å². The van der Waals surface area contributed by atoms with E-state index in [1.807, 2.05) is 54.6 Å². The standard InChI is InChI=1S/C20H20N2O4/c21-17(20(24)25)10-15-11-22(18-9-5-4-8-16(15)18)12-19(23)26-13-14-6-2-1-3-7-14/h1-9,11,17H,10,12-13,21H2,(H,24,25). The highest BCUT2D eigenvalue weighted by Crippen LogP contribution is 2.22. The summed E-state index contributed by atoms with van der Waals surface area (Å²) in [6.45, 7) is 0.269. The molecule has 0 bridgehead atoms. The summed E-state index contributed by atoms with van der Waals surface area (Å²) in [4.78, 5) is 23.2. The summed E-state index contributed by atoms with van der Waals surface area (Å²) in [6, 6.07) is 16.0. The Morgan fingerprint density at radius 3 is 2.50 bits per heavy atom. The van der Waals surface area contributed by atoms with E-state index >= 15 is 0 Å². The van der Waals surface area contributed by atoms with Gasteiger partial charge in [0, 0.05) is 23.5 Å². The summed E-state index contributed by atoms with van der Waals surface area (Å²) in [5, 5.41) is 9.93. The van der Waals surface area contributed by atoms with E-state index in [1.165, 1.54) is 0 Å². The number of carbonyl (C=O) groups excluding carboxylic acids is 1. The van der Waals surface area contributed by atoms with Crippen LogP contribution >= 0.6 is 0 Å². The molecule has 0 fully saturated rings. The number of aliphatic carboxylic acids is 1. The monoisotopic (exact) mass is 352 g/mol. The van der Waals surface area contributed by atoms with E-state index < -0.39 is 12.0 Å². The van der Waals surface area contributed by atoms with Gasteiger partial charge in [-0.2, -0.15) is 0 Å². The minimum atomic E-state index is -1.05. The van der Waals surface area contributed by atoms with Crippen molar-refractivity contribution in [1.82, 2.24) is 4.57 Å². The van der Waals surface area contributed by atoms with Gasteiger partial charge in [-0.15, -0.1) is 0 Å². The van der Waals surface area contributed by atoms with E-state index in [2.05, 4.69) is 0 Å². The summed E-state index contributed by atoms with van der Waals surface area (Å²) >= 11 is 0. The van der Waals surface area contributed by atoms with Crippen molar-refractivity contribution in [1.29, 1.82) is 0 Å². The van der Waals surface area contributed by atoms with Crippen LogP contribution in [0.15, 0.2) is 60.8 Å². The van der Waals surface area contributed by atoms with Crippen LogP contribution in [-0.4, -0.2) is 27.7 Å². The number of hydrogen-bond acceptors (Lipinski definition) is 4. The second-order valence-corrected chi connectivity index (χ2v) is 6.09. The molecule has 3 rings (SSSR count). The first-order valence-corrected chi connectivity index (χ1v) is 8.29. The van der Waals surface area contributed by atoms with Gasteiger partial charge in [0.2, 0.25) is 0 Å². The lowest BCUT2D eigenvalue weighted by molar-refractivity contribution is -0.145. The topological polar surface area (TPSA) is 94.5 Å². The number of nitrogens with two attached hydrogens (primary N) is 1. The lowest BCUT2D eigenvalue weighted by Crippen LogP contribution is -2.32. The van der Waals surface area contributed by atoms with E-state index in [0.717, 1.165) is 22.0 Å². The zero-order valence-corrected chi connectivity index (χ0v) is 14.2. The lowest BCUT2D eigenvalue weighted by atomic mass is 10.1. The number of hydrogen-bond donors (Lipinski definition) is 2. The molecular weight excluding hydrogens is 332 g/mol. The molecule has 0 saturated heterocycles. The second-order valence-electron chi connectivity index (χ2n) is 6.09. The first kappa shape index (κ1) is 17.7. The fourth-order valence-corrected chi connectivity index (χ4v) is 2.86. The molecule has 1 aromatic heterocycles. The summed E-state index contributed by atoms with van der Waals surface area (Å²) in [5.41, 5.74) is 8.23. The third kappa shape index (κ3) is 4.10. The minimum absolute atomic E-state index is 0.0512. The summed E-state index contributed by atoms with van der Waals surface area (Å²) in [5.74, 6) is -1.41. The maximum Gasteiger partial charge on any atom is 0.326 e. The normalized spacial score (nSPS) is 12.0. The number of benzene rings is 2. The zero-order valence-electron chi connectivity index (χ0n) is 14.2. The average molecular weight is 352 g/mol. The highest BCUT2D eigenvalue weighted by atomic mass is 16.5. The number of rotatable bonds is 7. The average Bonchev–Trinajstić information content (AvgIpc) is 2.98. The molecule has 1 atom stereocenters. The Hall–Kier alpha value is -3.12. The highest BCUT2D eigenvalue weighted by molar-refractivity contribution is 5.86. The molecule has 3 N–H and O–H groups in total. The number of carboxylic acid groups (broad SMARTS) is 1. The molecule has 0 aliphatic carbocycles. The van der Waals surface area contributed by atoms with Crippen molar-refractivity contribution in [3.63, 3.8) is 0 Å². The number of nitrogens with zero attached hydrogens (tertiary/aromatic N) is 1. The van der Waals surface area contributed by atoms with Crippen LogP contribution in [0.25, 0.3) is 10.9 Å². The summed E-state index contributed by atoms with van der Waals surface area (Å²) < 4.78 is 7.10. The van der Waals surface area contributed by atoms with E-state index in [1.54, 1.807) is 10.8 Å². The number of para-hydroxylation sites is 1. The van der Waals surface area contributed by atoms with E-state index in [0.29, 0.717) is 0 Å². The molecule has 6 heteroatoms. The van der Waals surface area contributed by atoms with Crippen molar-refractivity contribution < 1.29 is 19.4 Å². The van der Waals surface area contributed by atoms with Gasteiger partial charge in [-0.05, 0) is 17.2 Å². The molecule has 26 heavy (non-hydrogen) atoms. The lowest BCUT2D eigenvalue weighted by Gasteiger charge is -2.07. The van der Waals surface area contributed by atoms with Gasteiger partial charge in [-0.1, -0.05) is 48.5 Å². The van der Waals surface area contributed by atoms with Gasteiger partial charge < -0.3 is 20.1 Å². The molecule has 0 aliphatic heterocycles. The van der Waals surface area contributed by atoms with Crippen molar-refractivity contribution in [3.8, 4) is 0 Å². The predicted octanol–water partition coefficient (Wildman–Crippen LogP) is 2.34. The van der Waals surface area contributed by atoms with E-state index in [9.17, 15) is 9.59 Å². The van der Waals surface area contributed by atoms with Crippen molar-refractivity contribution >= 4 is 22.8 Å². The van der Waals surface area contributed by atoms with Gasteiger partial charge in [0.05, 0.1) is 0 Å². The van der Waals surface area contributed by atoms with Crippen LogP contribution in [0.4, 0.5) is 0 Å². The van der Waals surface area contributed by atoms with Crippen molar-refractivity contribution in [2.45, 2.75) is 25.6 Å². The van der Waals surface area contributed by atoms with Crippen LogP contribution < -0.4 is 5.73 Å². The van der Waals surface area contributed by atoms with Gasteiger partial charge in [-0.3, -0.25) is 9.59 Å². The van der Waals surface area contributed by atoms with Gasteiger partial charge in [0.1, 0.15) is 19.2 Å². The Morgan fingerprint density at radius 2 is 1.77 bits per heavy atom. The molecule has 6 nitrogen and oxygen atoms in total. The third-order valence-electron chi connectivity index (χ3n) is 4.17. The first-order chi connectivity index (χ1) is 12.5. The Balaban J connectivity index is 1.75. The number of aromatic nitrogens is 1. The molecule has 1 unspecified atom stereocenters. The van der Waals surface area contributed by atoms with Crippen molar-refractivity contribution in [3.05, 3.63) is 71.9 Å². The smallest absolute Gasteiger partial charge is 0.326 e. The van der Waals surface area contributed by atoms with Crippen LogP contribution in [0.3, 0.4) is 0 Å². The molecule has 0 amide bonds. The van der Waals surface area contributed by atoms with E-state index in [4.69, 9.17) is 15.6 Å². The molecule has 0 radical (unpaired) electrons. The Morgan fingerprint density at radius 1 is 1.08 bits per heavy atom. The van der Waals surface area contributed by atoms with Gasteiger partial charge in [0.15, 0.2) is 0 Å². The Bertz CT molecular complexity index is 918. The first-order valence-electron chi connectivity index (χ1n) is 8.29. The number of esters is 1. The highest BCUT2D eigenvalue weighted by Gasteiger charge is 2.17. The molecule has 134 valence electrons. The maximum absolute atomic E-state index is 12.2.